The zero-order chi connectivity index (χ0) is 16.2. The van der Waals surface area contributed by atoms with E-state index in [4.69, 9.17) is 4.74 Å². The van der Waals surface area contributed by atoms with E-state index in [-0.39, 0.29) is 23.2 Å². The van der Waals surface area contributed by atoms with Gasteiger partial charge in [0.25, 0.3) is 0 Å². The number of hydrogen-bond acceptors (Lipinski definition) is 3. The Hall–Kier alpha value is -1.32. The van der Waals surface area contributed by atoms with E-state index < -0.39 is 22.9 Å². The van der Waals surface area contributed by atoms with Crippen molar-refractivity contribution in [2.75, 3.05) is 0 Å². The molecule has 1 unspecified atom stereocenters. The zero-order valence-corrected chi connectivity index (χ0v) is 13.6. The SMILES string of the molecule is C=C1C[C@]23C[C@H]1CC[C@H]2[C@@]12CCCC(C)(C(=O)O1)[C@H]2[C@@H]3C(=O)O. The summed E-state index contributed by atoms with van der Waals surface area (Å²) in [7, 11) is 0. The highest BCUT2D eigenvalue weighted by Crippen LogP contribution is 2.77. The fourth-order valence-corrected chi connectivity index (χ4v) is 7.70. The summed E-state index contributed by atoms with van der Waals surface area (Å²) in [6.45, 7) is 6.22. The quantitative estimate of drug-likeness (QED) is 0.596. The molecule has 1 aliphatic heterocycles. The second kappa shape index (κ2) is 3.84. The Kier molecular flexibility index (Phi) is 2.35. The van der Waals surface area contributed by atoms with Gasteiger partial charge in [-0.1, -0.05) is 12.2 Å². The van der Waals surface area contributed by atoms with Gasteiger partial charge in [-0.25, -0.2) is 0 Å². The summed E-state index contributed by atoms with van der Waals surface area (Å²) in [5, 5.41) is 10.2. The van der Waals surface area contributed by atoms with Gasteiger partial charge in [0, 0.05) is 11.8 Å². The van der Waals surface area contributed by atoms with Crippen molar-refractivity contribution in [3.05, 3.63) is 12.2 Å². The number of ether oxygens (including phenoxy) is 1. The molecule has 5 aliphatic rings. The average molecular weight is 316 g/mol. The smallest absolute Gasteiger partial charge is 0.312 e. The van der Waals surface area contributed by atoms with Crippen LogP contribution in [0.3, 0.4) is 0 Å². The third kappa shape index (κ3) is 1.29. The Bertz CT molecular complexity index is 654. The maximum absolute atomic E-state index is 12.7. The standard InChI is InChI=1S/C19H24O4/c1-10-8-18-9-11(10)4-5-12(18)19-7-3-6-17(2,16(22)23-19)14(19)13(18)15(20)21/h11-14H,1,3-9H2,2H3,(H,20,21)/t11-,12-,13-,14-,17?,18+,19-/m1/s1. The molecule has 0 aromatic rings. The van der Waals surface area contributed by atoms with Crippen LogP contribution < -0.4 is 0 Å². The van der Waals surface area contributed by atoms with Gasteiger partial charge >= 0.3 is 11.9 Å². The number of hydrogen-bond donors (Lipinski definition) is 1. The molecule has 0 amide bonds. The predicted octanol–water partition coefficient (Wildman–Crippen LogP) is 3.17. The fraction of sp³-hybridized carbons (Fsp3) is 0.789. The molecule has 1 spiro atoms. The number of allylic oxidation sites excluding steroid dienone is 1. The van der Waals surface area contributed by atoms with Crippen molar-refractivity contribution >= 4 is 11.9 Å². The third-order valence-electron chi connectivity index (χ3n) is 8.29. The molecule has 0 radical (unpaired) electrons. The van der Waals surface area contributed by atoms with Crippen molar-refractivity contribution in [1.29, 1.82) is 0 Å². The molecular formula is C19H24O4. The van der Waals surface area contributed by atoms with Crippen LogP contribution in [-0.2, 0) is 14.3 Å². The lowest BCUT2D eigenvalue weighted by Gasteiger charge is -2.43. The summed E-state index contributed by atoms with van der Waals surface area (Å²) >= 11 is 0. The van der Waals surface area contributed by atoms with Gasteiger partial charge in [-0.2, -0.15) is 0 Å². The van der Waals surface area contributed by atoms with Gasteiger partial charge in [0.1, 0.15) is 5.60 Å². The summed E-state index contributed by atoms with van der Waals surface area (Å²) < 4.78 is 6.10. The van der Waals surface area contributed by atoms with Crippen LogP contribution in [0.1, 0.15) is 51.9 Å². The largest absolute Gasteiger partial charge is 0.481 e. The summed E-state index contributed by atoms with van der Waals surface area (Å²) in [4.78, 5) is 25.0. The Balaban J connectivity index is 1.75. The molecule has 4 aliphatic carbocycles. The van der Waals surface area contributed by atoms with Crippen molar-refractivity contribution in [3.8, 4) is 0 Å². The molecule has 7 atom stereocenters. The van der Waals surface area contributed by atoms with Crippen molar-refractivity contribution in [2.24, 2.45) is 34.5 Å². The summed E-state index contributed by atoms with van der Waals surface area (Å²) in [5.41, 5.74) is -0.0978. The minimum Gasteiger partial charge on any atom is -0.481 e. The highest BCUT2D eigenvalue weighted by Gasteiger charge is 2.81. The van der Waals surface area contributed by atoms with Crippen LogP contribution in [-0.4, -0.2) is 22.6 Å². The molecule has 23 heavy (non-hydrogen) atoms. The van der Waals surface area contributed by atoms with E-state index in [2.05, 4.69) is 6.58 Å². The van der Waals surface area contributed by atoms with Crippen molar-refractivity contribution in [1.82, 2.24) is 0 Å². The second-order valence-corrected chi connectivity index (χ2v) is 9.01. The molecular weight excluding hydrogens is 292 g/mol. The number of rotatable bonds is 1. The van der Waals surface area contributed by atoms with E-state index in [1.165, 1.54) is 5.57 Å². The molecule has 0 aromatic heterocycles. The maximum atomic E-state index is 12.7. The average Bonchev–Trinajstić information content (AvgIpc) is 2.92. The molecule has 4 heteroatoms. The van der Waals surface area contributed by atoms with E-state index in [0.717, 1.165) is 44.9 Å². The van der Waals surface area contributed by atoms with Gasteiger partial charge in [0.05, 0.1) is 11.3 Å². The molecule has 124 valence electrons. The predicted molar refractivity (Wildman–Crippen MR) is 82.4 cm³/mol. The number of fused-ring (bicyclic) bond motifs is 1. The first kappa shape index (κ1) is 14.1. The molecule has 1 N–H and O–H groups in total. The molecule has 5 fully saturated rings. The molecule has 4 saturated carbocycles. The summed E-state index contributed by atoms with van der Waals surface area (Å²) in [5.74, 6) is -0.771. The van der Waals surface area contributed by atoms with Crippen molar-refractivity contribution < 1.29 is 19.4 Å². The van der Waals surface area contributed by atoms with Gasteiger partial charge < -0.3 is 9.84 Å². The minimum absolute atomic E-state index is 0.139. The van der Waals surface area contributed by atoms with Crippen LogP contribution in [0.5, 0.6) is 0 Å². The van der Waals surface area contributed by atoms with E-state index in [1.807, 2.05) is 6.92 Å². The van der Waals surface area contributed by atoms with Crippen LogP contribution in [0, 0.1) is 34.5 Å². The van der Waals surface area contributed by atoms with E-state index >= 15 is 0 Å². The van der Waals surface area contributed by atoms with Crippen LogP contribution in [0.2, 0.25) is 0 Å². The lowest BCUT2D eigenvalue weighted by Crippen LogP contribution is -2.47. The van der Waals surface area contributed by atoms with Gasteiger partial charge in [-0.15, -0.1) is 0 Å². The van der Waals surface area contributed by atoms with Crippen LogP contribution in [0.15, 0.2) is 12.2 Å². The molecule has 4 bridgehead atoms. The highest BCUT2D eigenvalue weighted by atomic mass is 16.6. The van der Waals surface area contributed by atoms with Crippen LogP contribution in [0.25, 0.3) is 0 Å². The first-order valence-electron chi connectivity index (χ1n) is 8.99. The van der Waals surface area contributed by atoms with E-state index in [9.17, 15) is 14.7 Å². The second-order valence-electron chi connectivity index (χ2n) is 9.01. The monoisotopic (exact) mass is 316 g/mol. The fourth-order valence-electron chi connectivity index (χ4n) is 7.70. The Morgan fingerprint density at radius 1 is 1.35 bits per heavy atom. The van der Waals surface area contributed by atoms with Gasteiger partial charge in [0.15, 0.2) is 0 Å². The maximum Gasteiger partial charge on any atom is 0.312 e. The Labute approximate surface area is 136 Å². The van der Waals surface area contributed by atoms with Crippen molar-refractivity contribution in [3.63, 3.8) is 0 Å². The van der Waals surface area contributed by atoms with Gasteiger partial charge in [0.2, 0.25) is 0 Å². The lowest BCUT2D eigenvalue weighted by molar-refractivity contribution is -0.160. The molecule has 1 heterocycles. The van der Waals surface area contributed by atoms with Gasteiger partial charge in [-0.05, 0) is 63.2 Å². The number of esters is 1. The van der Waals surface area contributed by atoms with Gasteiger partial charge in [-0.3, -0.25) is 9.59 Å². The summed E-state index contributed by atoms with van der Waals surface area (Å²) in [6.07, 6.45) is 6.45. The lowest BCUT2D eigenvalue weighted by atomic mass is 9.60. The van der Waals surface area contributed by atoms with Crippen molar-refractivity contribution in [2.45, 2.75) is 57.5 Å². The number of aliphatic carboxylic acids is 1. The molecule has 4 nitrogen and oxygen atoms in total. The number of carbonyl (C=O) groups excluding carboxylic acids is 1. The first-order valence-corrected chi connectivity index (χ1v) is 8.99. The van der Waals surface area contributed by atoms with E-state index in [1.54, 1.807) is 0 Å². The Morgan fingerprint density at radius 3 is 2.87 bits per heavy atom. The topological polar surface area (TPSA) is 63.6 Å². The normalized spacial score (nSPS) is 56.2. The Morgan fingerprint density at radius 2 is 2.13 bits per heavy atom. The molecule has 0 aromatic carbocycles. The third-order valence-corrected chi connectivity index (χ3v) is 8.29. The molecule has 5 rings (SSSR count). The van der Waals surface area contributed by atoms with Crippen LogP contribution in [0.4, 0.5) is 0 Å². The number of carboxylic acids is 1. The summed E-state index contributed by atoms with van der Waals surface area (Å²) in [6, 6.07) is 0. The molecule has 1 saturated heterocycles. The minimum atomic E-state index is -0.719. The van der Waals surface area contributed by atoms with E-state index in [0.29, 0.717) is 5.92 Å². The number of carbonyl (C=O) groups is 2. The number of carboxylic acid groups (broad SMARTS) is 1. The zero-order valence-electron chi connectivity index (χ0n) is 13.6. The highest BCUT2D eigenvalue weighted by molar-refractivity contribution is 5.84. The first-order chi connectivity index (χ1) is 10.9. The van der Waals surface area contributed by atoms with Crippen LogP contribution >= 0.6 is 0 Å².